The number of benzene rings is 7. The summed E-state index contributed by atoms with van der Waals surface area (Å²) in [6, 6.07) is 48.9. The average Bonchev–Trinajstić information content (AvgIpc) is 3.36. The molecule has 0 spiro atoms. The molecule has 7 aromatic carbocycles. The van der Waals surface area contributed by atoms with Gasteiger partial charge in [0.15, 0.2) is 0 Å². The fraction of sp³-hybridized carbons (Fsp3) is 0. The Morgan fingerprint density at radius 2 is 0.892 bits per heavy atom. The highest BCUT2D eigenvalue weighted by Gasteiger charge is 2.14. The Morgan fingerprint density at radius 1 is 0.324 bits per heavy atom. The van der Waals surface area contributed by atoms with Crippen molar-refractivity contribution >= 4 is 63.8 Å². The zero-order valence-corrected chi connectivity index (χ0v) is 20.9. The molecule has 0 nitrogen and oxygen atoms in total. The van der Waals surface area contributed by atoms with Crippen LogP contribution in [0.1, 0.15) is 0 Å². The summed E-state index contributed by atoms with van der Waals surface area (Å²) >= 11 is 1.89. The SMILES string of the molecule is c1ccc(-c2ccc3c4ccc(-c5cccc6c5sc5ccccc56)cc4c4ccccc4c3c2)cc1. The summed E-state index contributed by atoms with van der Waals surface area (Å²) < 4.78 is 2.71. The largest absolute Gasteiger partial charge is 0.135 e. The van der Waals surface area contributed by atoms with Crippen molar-refractivity contribution < 1.29 is 0 Å². The summed E-state index contributed by atoms with van der Waals surface area (Å²) in [7, 11) is 0. The molecule has 0 fully saturated rings. The first-order chi connectivity index (χ1) is 18.3. The van der Waals surface area contributed by atoms with Gasteiger partial charge in [0.05, 0.1) is 0 Å². The van der Waals surface area contributed by atoms with Gasteiger partial charge in [0, 0.05) is 20.2 Å². The van der Waals surface area contributed by atoms with Crippen LogP contribution in [0.4, 0.5) is 0 Å². The zero-order chi connectivity index (χ0) is 24.3. The molecule has 8 rings (SSSR count). The molecule has 1 aromatic heterocycles. The van der Waals surface area contributed by atoms with Gasteiger partial charge in [0.1, 0.15) is 0 Å². The number of thiophene rings is 1. The number of fused-ring (bicyclic) bond motifs is 9. The lowest BCUT2D eigenvalue weighted by Gasteiger charge is -2.14. The highest BCUT2D eigenvalue weighted by atomic mass is 32.1. The zero-order valence-electron chi connectivity index (χ0n) is 20.1. The Balaban J connectivity index is 1.42. The summed E-state index contributed by atoms with van der Waals surface area (Å²) in [5, 5.41) is 10.5. The fourth-order valence-corrected chi connectivity index (χ4v) is 7.15. The monoisotopic (exact) mass is 486 g/mol. The molecule has 1 heteroatoms. The van der Waals surface area contributed by atoms with E-state index in [-0.39, 0.29) is 0 Å². The van der Waals surface area contributed by atoms with Gasteiger partial charge in [0.25, 0.3) is 0 Å². The molecule has 0 unspecified atom stereocenters. The maximum atomic E-state index is 2.40. The summed E-state index contributed by atoms with van der Waals surface area (Å²) in [4.78, 5) is 0. The van der Waals surface area contributed by atoms with Crippen LogP contribution in [0.3, 0.4) is 0 Å². The van der Waals surface area contributed by atoms with Crippen molar-refractivity contribution in [1.29, 1.82) is 0 Å². The minimum Gasteiger partial charge on any atom is -0.135 e. The first-order valence-electron chi connectivity index (χ1n) is 12.7. The van der Waals surface area contributed by atoms with E-state index in [1.807, 2.05) is 11.3 Å². The van der Waals surface area contributed by atoms with E-state index in [4.69, 9.17) is 0 Å². The molecule has 1 heterocycles. The topological polar surface area (TPSA) is 0 Å². The lowest BCUT2D eigenvalue weighted by molar-refractivity contribution is 1.65. The Morgan fingerprint density at radius 3 is 1.65 bits per heavy atom. The van der Waals surface area contributed by atoms with Crippen LogP contribution in [-0.2, 0) is 0 Å². The molecule has 0 aliphatic carbocycles. The van der Waals surface area contributed by atoms with Crippen molar-refractivity contribution in [2.24, 2.45) is 0 Å². The van der Waals surface area contributed by atoms with Crippen molar-refractivity contribution in [3.05, 3.63) is 133 Å². The number of rotatable bonds is 2. The van der Waals surface area contributed by atoms with Crippen molar-refractivity contribution in [3.63, 3.8) is 0 Å². The van der Waals surface area contributed by atoms with E-state index in [1.165, 1.54) is 74.7 Å². The molecule has 0 radical (unpaired) electrons. The molecule has 172 valence electrons. The van der Waals surface area contributed by atoms with Gasteiger partial charge in [-0.1, -0.05) is 115 Å². The van der Waals surface area contributed by atoms with Gasteiger partial charge in [-0.2, -0.15) is 0 Å². The van der Waals surface area contributed by atoms with Crippen molar-refractivity contribution in [1.82, 2.24) is 0 Å². The number of hydrogen-bond acceptors (Lipinski definition) is 1. The molecular weight excluding hydrogens is 464 g/mol. The normalized spacial score (nSPS) is 11.8. The summed E-state index contributed by atoms with van der Waals surface area (Å²) in [5.41, 5.74) is 5.09. The van der Waals surface area contributed by atoms with E-state index < -0.39 is 0 Å². The van der Waals surface area contributed by atoms with Crippen LogP contribution >= 0.6 is 11.3 Å². The third kappa shape index (κ3) is 3.15. The van der Waals surface area contributed by atoms with Crippen LogP contribution in [0.5, 0.6) is 0 Å². The molecule has 0 saturated heterocycles. The van der Waals surface area contributed by atoms with Crippen molar-refractivity contribution in [2.45, 2.75) is 0 Å². The Bertz CT molecular complexity index is 2110. The molecule has 37 heavy (non-hydrogen) atoms. The Hall–Kier alpha value is -4.46. The maximum absolute atomic E-state index is 2.40. The molecule has 0 atom stereocenters. The van der Waals surface area contributed by atoms with E-state index in [2.05, 4.69) is 133 Å². The number of hydrogen-bond donors (Lipinski definition) is 0. The van der Waals surface area contributed by atoms with Crippen LogP contribution < -0.4 is 0 Å². The molecule has 0 N–H and O–H groups in total. The third-order valence-electron chi connectivity index (χ3n) is 7.66. The van der Waals surface area contributed by atoms with E-state index >= 15 is 0 Å². The molecule has 8 aromatic rings. The van der Waals surface area contributed by atoms with Crippen molar-refractivity contribution in [3.8, 4) is 22.3 Å². The molecule has 0 aliphatic rings. The Kier molecular flexibility index (Phi) is 4.49. The van der Waals surface area contributed by atoms with Gasteiger partial charge in [-0.25, -0.2) is 0 Å². The highest BCUT2D eigenvalue weighted by molar-refractivity contribution is 7.26. The lowest BCUT2D eigenvalue weighted by Crippen LogP contribution is -1.86. The summed E-state index contributed by atoms with van der Waals surface area (Å²) in [5.74, 6) is 0. The summed E-state index contributed by atoms with van der Waals surface area (Å²) in [6.45, 7) is 0. The highest BCUT2D eigenvalue weighted by Crippen LogP contribution is 2.42. The third-order valence-corrected chi connectivity index (χ3v) is 8.88. The summed E-state index contributed by atoms with van der Waals surface area (Å²) in [6.07, 6.45) is 0. The Labute approximate surface area is 219 Å². The predicted molar refractivity (Wildman–Crippen MR) is 163 cm³/mol. The second kappa shape index (κ2) is 8.03. The first kappa shape index (κ1) is 20.7. The molecular formula is C36H22S. The minimum atomic E-state index is 1.25. The standard InChI is InChI=1S/C36H22S/c1-2-9-23(10-3-1)24-17-19-29-30-20-18-25(22-34(30)28-12-5-4-11-27(28)33(29)21-24)26-14-8-15-32-31-13-6-7-16-35(31)37-36(26)32/h1-22H. The smallest absolute Gasteiger partial charge is 0.0433 e. The predicted octanol–water partition coefficient (Wildman–Crippen LogP) is 10.8. The minimum absolute atomic E-state index is 1.25. The second-order valence-corrected chi connectivity index (χ2v) is 10.8. The van der Waals surface area contributed by atoms with Crippen LogP contribution in [-0.4, -0.2) is 0 Å². The van der Waals surface area contributed by atoms with Crippen molar-refractivity contribution in [2.75, 3.05) is 0 Å². The van der Waals surface area contributed by atoms with Crippen LogP contribution in [0.15, 0.2) is 133 Å². The van der Waals surface area contributed by atoms with Crippen LogP contribution in [0, 0.1) is 0 Å². The molecule has 0 amide bonds. The van der Waals surface area contributed by atoms with Crippen LogP contribution in [0.25, 0.3) is 74.7 Å². The van der Waals surface area contributed by atoms with Crippen LogP contribution in [0.2, 0.25) is 0 Å². The maximum Gasteiger partial charge on any atom is 0.0433 e. The molecule has 0 aliphatic heterocycles. The van der Waals surface area contributed by atoms with E-state index in [9.17, 15) is 0 Å². The van der Waals surface area contributed by atoms with Gasteiger partial charge in [0.2, 0.25) is 0 Å². The first-order valence-corrected chi connectivity index (χ1v) is 13.5. The van der Waals surface area contributed by atoms with Gasteiger partial charge in [-0.3, -0.25) is 0 Å². The van der Waals surface area contributed by atoms with Gasteiger partial charge >= 0.3 is 0 Å². The van der Waals surface area contributed by atoms with Gasteiger partial charge < -0.3 is 0 Å². The van der Waals surface area contributed by atoms with Gasteiger partial charge in [-0.05, 0) is 72.8 Å². The van der Waals surface area contributed by atoms with E-state index in [0.717, 1.165) is 0 Å². The molecule has 0 saturated carbocycles. The lowest BCUT2D eigenvalue weighted by atomic mass is 9.90. The van der Waals surface area contributed by atoms with E-state index in [1.54, 1.807) is 0 Å². The van der Waals surface area contributed by atoms with E-state index in [0.29, 0.717) is 0 Å². The van der Waals surface area contributed by atoms with Gasteiger partial charge in [-0.15, -0.1) is 11.3 Å². The quantitative estimate of drug-likeness (QED) is 0.213. The second-order valence-electron chi connectivity index (χ2n) is 9.71. The molecule has 0 bridgehead atoms. The fourth-order valence-electron chi connectivity index (χ4n) is 5.91. The average molecular weight is 487 g/mol.